The van der Waals surface area contributed by atoms with Gasteiger partial charge in [-0.15, -0.1) is 0 Å². The van der Waals surface area contributed by atoms with Gasteiger partial charge in [0.2, 0.25) is 0 Å². The number of amides is 2. The molecule has 2 N–H and O–H groups in total. The third-order valence-electron chi connectivity index (χ3n) is 3.53. The highest BCUT2D eigenvalue weighted by Gasteiger charge is 2.33. The zero-order valence-electron chi connectivity index (χ0n) is 11.3. The molecule has 0 spiro atoms. The van der Waals surface area contributed by atoms with Crippen molar-refractivity contribution < 1.29 is 9.90 Å². The first-order valence-corrected chi connectivity index (χ1v) is 7.34. The average molecular weight is 317 g/mol. The lowest BCUT2D eigenvalue weighted by Crippen LogP contribution is -2.43. The molecule has 0 aliphatic heterocycles. The van der Waals surface area contributed by atoms with E-state index in [9.17, 15) is 9.90 Å². The van der Waals surface area contributed by atoms with Crippen LogP contribution in [0.2, 0.25) is 10.0 Å². The second-order valence-corrected chi connectivity index (χ2v) is 6.25. The number of hydrogen-bond acceptors (Lipinski definition) is 2. The van der Waals surface area contributed by atoms with E-state index >= 15 is 0 Å². The highest BCUT2D eigenvalue weighted by molar-refractivity contribution is 6.35. The van der Waals surface area contributed by atoms with E-state index in [0.29, 0.717) is 22.3 Å². The lowest BCUT2D eigenvalue weighted by molar-refractivity contribution is 0.0262. The fourth-order valence-electron chi connectivity index (χ4n) is 2.55. The Hall–Kier alpha value is -0.970. The van der Waals surface area contributed by atoms with Gasteiger partial charge in [-0.1, -0.05) is 36.0 Å². The zero-order valence-corrected chi connectivity index (χ0v) is 12.8. The van der Waals surface area contributed by atoms with E-state index in [1.807, 2.05) is 0 Å². The molecular formula is C14H18Cl2N2O2. The molecule has 0 unspecified atom stereocenters. The van der Waals surface area contributed by atoms with Crippen LogP contribution >= 0.6 is 23.2 Å². The molecule has 0 atom stereocenters. The van der Waals surface area contributed by atoms with Crippen molar-refractivity contribution >= 4 is 34.9 Å². The molecular weight excluding hydrogens is 299 g/mol. The normalized spacial score (nSPS) is 17.0. The zero-order chi connectivity index (χ0) is 14.8. The van der Waals surface area contributed by atoms with Gasteiger partial charge in [0, 0.05) is 22.8 Å². The Bertz CT molecular complexity index is 482. The second-order valence-electron chi connectivity index (χ2n) is 5.38. The van der Waals surface area contributed by atoms with Gasteiger partial charge >= 0.3 is 6.03 Å². The summed E-state index contributed by atoms with van der Waals surface area (Å²) < 4.78 is 0. The predicted octanol–water partition coefficient (Wildman–Crippen LogP) is 3.76. The average Bonchev–Trinajstić information content (AvgIpc) is 2.74. The van der Waals surface area contributed by atoms with Crippen molar-refractivity contribution in [2.45, 2.75) is 31.3 Å². The molecule has 1 aliphatic rings. The van der Waals surface area contributed by atoms with Crippen LogP contribution < -0.4 is 5.32 Å². The number of hydrogen-bond donors (Lipinski definition) is 2. The van der Waals surface area contributed by atoms with Gasteiger partial charge in [-0.25, -0.2) is 4.79 Å². The minimum absolute atomic E-state index is 0.288. The molecule has 0 aromatic heterocycles. The van der Waals surface area contributed by atoms with Crippen molar-refractivity contribution in [2.24, 2.45) is 0 Å². The minimum Gasteiger partial charge on any atom is -0.388 e. The first-order chi connectivity index (χ1) is 9.38. The van der Waals surface area contributed by atoms with Crippen LogP contribution in [-0.2, 0) is 0 Å². The van der Waals surface area contributed by atoms with Crippen LogP contribution in [0.25, 0.3) is 0 Å². The SMILES string of the molecule is CN(CC1(O)CCCC1)C(=O)Nc1cc(Cl)cc(Cl)c1. The Labute approximate surface area is 128 Å². The van der Waals surface area contributed by atoms with Gasteiger partial charge in [0.15, 0.2) is 0 Å². The number of likely N-dealkylation sites (N-methyl/N-ethyl adjacent to an activating group) is 1. The first kappa shape index (κ1) is 15.4. The van der Waals surface area contributed by atoms with Gasteiger partial charge in [0.25, 0.3) is 0 Å². The molecule has 2 amide bonds. The van der Waals surface area contributed by atoms with Gasteiger partial charge < -0.3 is 15.3 Å². The van der Waals surface area contributed by atoms with Crippen molar-refractivity contribution in [3.8, 4) is 0 Å². The second kappa shape index (κ2) is 6.20. The molecule has 6 heteroatoms. The number of nitrogens with zero attached hydrogens (tertiary/aromatic N) is 1. The monoisotopic (exact) mass is 316 g/mol. The smallest absolute Gasteiger partial charge is 0.321 e. The maximum Gasteiger partial charge on any atom is 0.321 e. The van der Waals surface area contributed by atoms with Crippen molar-refractivity contribution in [3.05, 3.63) is 28.2 Å². The summed E-state index contributed by atoms with van der Waals surface area (Å²) in [6.45, 7) is 0.327. The predicted molar refractivity (Wildman–Crippen MR) is 81.5 cm³/mol. The Morgan fingerprint density at radius 2 is 1.85 bits per heavy atom. The molecule has 0 heterocycles. The van der Waals surface area contributed by atoms with Gasteiger partial charge in [0.1, 0.15) is 0 Å². The molecule has 0 bridgehead atoms. The molecule has 0 saturated heterocycles. The molecule has 1 aromatic rings. The van der Waals surface area contributed by atoms with Crippen LogP contribution in [0, 0.1) is 0 Å². The summed E-state index contributed by atoms with van der Waals surface area (Å²) in [5.41, 5.74) is -0.212. The molecule has 4 nitrogen and oxygen atoms in total. The Kier molecular flexibility index (Phi) is 4.78. The van der Waals surface area contributed by atoms with E-state index in [1.165, 1.54) is 4.90 Å². The minimum atomic E-state index is -0.752. The van der Waals surface area contributed by atoms with Crippen molar-refractivity contribution in [2.75, 3.05) is 18.9 Å². The molecule has 1 fully saturated rings. The lowest BCUT2D eigenvalue weighted by Gasteiger charge is -2.28. The number of benzene rings is 1. The first-order valence-electron chi connectivity index (χ1n) is 6.59. The highest BCUT2D eigenvalue weighted by Crippen LogP contribution is 2.30. The largest absolute Gasteiger partial charge is 0.388 e. The summed E-state index contributed by atoms with van der Waals surface area (Å²) >= 11 is 11.8. The maximum atomic E-state index is 12.1. The van der Waals surface area contributed by atoms with Crippen LogP contribution in [0.3, 0.4) is 0 Å². The van der Waals surface area contributed by atoms with Crippen LogP contribution in [0.4, 0.5) is 10.5 Å². The number of halogens is 2. The standard InChI is InChI=1S/C14H18Cl2N2O2/c1-18(9-14(20)4-2-3-5-14)13(19)17-12-7-10(15)6-11(16)8-12/h6-8,20H,2-5,9H2,1H3,(H,17,19). The third kappa shape index (κ3) is 4.01. The summed E-state index contributed by atoms with van der Waals surface area (Å²) in [6.07, 6.45) is 3.51. The molecule has 2 rings (SSSR count). The summed E-state index contributed by atoms with van der Waals surface area (Å²) in [4.78, 5) is 13.6. The van der Waals surface area contributed by atoms with E-state index in [0.717, 1.165) is 25.7 Å². The molecule has 20 heavy (non-hydrogen) atoms. The third-order valence-corrected chi connectivity index (χ3v) is 3.96. The number of carbonyl (C=O) groups excluding carboxylic acids is 1. The Morgan fingerprint density at radius 3 is 2.40 bits per heavy atom. The summed E-state index contributed by atoms with van der Waals surface area (Å²) in [5, 5.41) is 13.9. The molecule has 1 aliphatic carbocycles. The van der Waals surface area contributed by atoms with Gasteiger partial charge in [-0.3, -0.25) is 0 Å². The number of anilines is 1. The Balaban J connectivity index is 1.96. The summed E-state index contributed by atoms with van der Waals surface area (Å²) in [7, 11) is 1.66. The van der Waals surface area contributed by atoms with Crippen molar-refractivity contribution in [3.63, 3.8) is 0 Å². The number of rotatable bonds is 3. The van der Waals surface area contributed by atoms with E-state index < -0.39 is 5.60 Å². The fourth-order valence-corrected chi connectivity index (χ4v) is 3.08. The number of nitrogens with one attached hydrogen (secondary N) is 1. The molecule has 110 valence electrons. The number of aliphatic hydroxyl groups is 1. The summed E-state index contributed by atoms with van der Waals surface area (Å²) in [5.74, 6) is 0. The van der Waals surface area contributed by atoms with Gasteiger partial charge in [0.05, 0.1) is 12.1 Å². The maximum absolute atomic E-state index is 12.1. The van der Waals surface area contributed by atoms with Crippen LogP contribution in [0.1, 0.15) is 25.7 Å². The van der Waals surface area contributed by atoms with E-state index in [2.05, 4.69) is 5.32 Å². The highest BCUT2D eigenvalue weighted by atomic mass is 35.5. The molecule has 0 radical (unpaired) electrons. The van der Waals surface area contributed by atoms with Gasteiger partial charge in [-0.05, 0) is 31.0 Å². The summed E-state index contributed by atoms with van der Waals surface area (Å²) in [6, 6.07) is 4.57. The topological polar surface area (TPSA) is 52.6 Å². The molecule has 1 saturated carbocycles. The molecule has 1 aromatic carbocycles. The van der Waals surface area contributed by atoms with Crippen molar-refractivity contribution in [1.82, 2.24) is 4.90 Å². The van der Waals surface area contributed by atoms with E-state index in [-0.39, 0.29) is 6.03 Å². The van der Waals surface area contributed by atoms with E-state index in [1.54, 1.807) is 25.2 Å². The van der Waals surface area contributed by atoms with Crippen LogP contribution in [0.15, 0.2) is 18.2 Å². The van der Waals surface area contributed by atoms with Crippen LogP contribution in [0.5, 0.6) is 0 Å². The Morgan fingerprint density at radius 1 is 1.30 bits per heavy atom. The van der Waals surface area contributed by atoms with Crippen LogP contribution in [-0.4, -0.2) is 35.2 Å². The lowest BCUT2D eigenvalue weighted by atomic mass is 10.0. The van der Waals surface area contributed by atoms with Gasteiger partial charge in [-0.2, -0.15) is 0 Å². The fraction of sp³-hybridized carbons (Fsp3) is 0.500. The number of carbonyl (C=O) groups is 1. The van der Waals surface area contributed by atoms with E-state index in [4.69, 9.17) is 23.2 Å². The quantitative estimate of drug-likeness (QED) is 0.892. The van der Waals surface area contributed by atoms with Crippen molar-refractivity contribution in [1.29, 1.82) is 0 Å². The number of urea groups is 1.